The van der Waals surface area contributed by atoms with Gasteiger partial charge in [-0.05, 0) is 78.5 Å². The van der Waals surface area contributed by atoms with E-state index in [0.29, 0.717) is 27.4 Å². The lowest BCUT2D eigenvalue weighted by Gasteiger charge is -2.51. The van der Waals surface area contributed by atoms with Gasteiger partial charge < -0.3 is 10.2 Å². The SMILES string of the molecule is C[C@]12CC[C@@H]3c4ccc(O)cc4C([125I])C[C@H]3[C@@H]1CC[C@@H]2O. The highest BCUT2D eigenvalue weighted by atomic mass is 125. The molecule has 3 heteroatoms. The molecule has 2 N–H and O–H groups in total. The van der Waals surface area contributed by atoms with E-state index in [-0.39, 0.29) is 11.5 Å². The van der Waals surface area contributed by atoms with Crippen molar-refractivity contribution < 1.29 is 10.2 Å². The van der Waals surface area contributed by atoms with Crippen molar-refractivity contribution in [2.75, 3.05) is 0 Å². The Morgan fingerprint density at radius 2 is 2.00 bits per heavy atom. The first-order chi connectivity index (χ1) is 10.0. The largest absolute Gasteiger partial charge is 0.508 e. The van der Waals surface area contributed by atoms with E-state index >= 15 is 0 Å². The van der Waals surface area contributed by atoms with Crippen LogP contribution in [0.1, 0.15) is 60.0 Å². The maximum atomic E-state index is 10.4. The Hall–Kier alpha value is -0.290. The number of halogens is 1. The van der Waals surface area contributed by atoms with Gasteiger partial charge in [-0.15, -0.1) is 0 Å². The molecule has 0 saturated heterocycles. The number of phenols is 1. The van der Waals surface area contributed by atoms with Crippen LogP contribution in [0.15, 0.2) is 18.2 Å². The Kier molecular flexibility index (Phi) is 3.31. The number of alkyl halides is 1. The smallest absolute Gasteiger partial charge is 0.115 e. The van der Waals surface area contributed by atoms with Crippen molar-refractivity contribution in [3.05, 3.63) is 29.3 Å². The lowest BCUT2D eigenvalue weighted by Crippen LogP contribution is -2.44. The fraction of sp³-hybridized carbons (Fsp3) is 0.667. The molecule has 114 valence electrons. The summed E-state index contributed by atoms with van der Waals surface area (Å²) in [6, 6.07) is 5.98. The van der Waals surface area contributed by atoms with E-state index in [1.165, 1.54) is 30.4 Å². The van der Waals surface area contributed by atoms with Crippen LogP contribution in [0, 0.1) is 17.3 Å². The van der Waals surface area contributed by atoms with Gasteiger partial charge in [0.2, 0.25) is 0 Å². The summed E-state index contributed by atoms with van der Waals surface area (Å²) in [7, 11) is 0. The highest BCUT2D eigenvalue weighted by Crippen LogP contribution is 2.63. The highest BCUT2D eigenvalue weighted by Gasteiger charge is 2.55. The molecule has 2 nitrogen and oxygen atoms in total. The van der Waals surface area contributed by atoms with Gasteiger partial charge >= 0.3 is 0 Å². The van der Waals surface area contributed by atoms with Gasteiger partial charge in [0.1, 0.15) is 5.75 Å². The molecule has 0 bridgehead atoms. The minimum absolute atomic E-state index is 0.0997. The maximum absolute atomic E-state index is 10.4. The Balaban J connectivity index is 1.75. The molecule has 1 unspecified atom stereocenters. The van der Waals surface area contributed by atoms with Crippen molar-refractivity contribution in [1.82, 2.24) is 0 Å². The zero-order valence-corrected chi connectivity index (χ0v) is 14.6. The van der Waals surface area contributed by atoms with Crippen LogP contribution in [-0.4, -0.2) is 16.3 Å². The standard InChI is InChI=1S/C18H23IO2/c1-18-7-6-12-11-3-2-10(20)8-14(11)16(19)9-13(12)15(18)4-5-17(18)21/h2-3,8,12-13,15-17,20-21H,4-7,9H2,1H3/t12-,13-,15+,16?,17+,18+/m1/s1/i19-2. The van der Waals surface area contributed by atoms with Crippen LogP contribution in [0.4, 0.5) is 0 Å². The zero-order valence-electron chi connectivity index (χ0n) is 12.4. The van der Waals surface area contributed by atoms with Crippen LogP contribution in [-0.2, 0) is 0 Å². The predicted octanol–water partition coefficient (Wildman–Crippen LogP) is 4.54. The fourth-order valence-corrected chi connectivity index (χ4v) is 6.64. The van der Waals surface area contributed by atoms with Crippen LogP contribution >= 0.6 is 22.6 Å². The van der Waals surface area contributed by atoms with E-state index in [0.717, 1.165) is 12.8 Å². The number of hydrogen-bond acceptors (Lipinski definition) is 2. The molecule has 0 heterocycles. The lowest BCUT2D eigenvalue weighted by atomic mass is 9.55. The number of aromatic hydroxyl groups is 1. The average Bonchev–Trinajstić information content (AvgIpc) is 2.76. The van der Waals surface area contributed by atoms with Crippen LogP contribution in [0.5, 0.6) is 5.75 Å². The van der Waals surface area contributed by atoms with Gasteiger partial charge in [-0.2, -0.15) is 0 Å². The molecule has 1 aromatic rings. The minimum atomic E-state index is -0.0997. The summed E-state index contributed by atoms with van der Waals surface area (Å²) >= 11 is 2.54. The molecule has 4 rings (SSSR count). The van der Waals surface area contributed by atoms with Crippen molar-refractivity contribution in [1.29, 1.82) is 0 Å². The molecule has 1 aromatic carbocycles. The van der Waals surface area contributed by atoms with Gasteiger partial charge in [-0.1, -0.05) is 35.6 Å². The second-order valence-electron chi connectivity index (χ2n) is 7.53. The van der Waals surface area contributed by atoms with E-state index in [1.807, 2.05) is 12.1 Å². The van der Waals surface area contributed by atoms with Crippen molar-refractivity contribution >= 4 is 22.6 Å². The number of aliphatic hydroxyl groups excluding tert-OH is 1. The first-order valence-corrected chi connectivity index (χ1v) is 9.40. The third kappa shape index (κ3) is 1.99. The number of hydrogen-bond donors (Lipinski definition) is 2. The second-order valence-corrected chi connectivity index (χ2v) is 9.03. The molecule has 21 heavy (non-hydrogen) atoms. The lowest BCUT2D eigenvalue weighted by molar-refractivity contribution is -0.0225. The van der Waals surface area contributed by atoms with E-state index in [4.69, 9.17) is 0 Å². The number of phenolic OH excluding ortho intramolecular Hbond substituents is 1. The Morgan fingerprint density at radius 3 is 2.81 bits per heavy atom. The normalized spacial score (nSPS) is 44.8. The monoisotopic (exact) mass is 396 g/mol. The van der Waals surface area contributed by atoms with E-state index < -0.39 is 0 Å². The van der Waals surface area contributed by atoms with Gasteiger partial charge in [0.15, 0.2) is 0 Å². The van der Waals surface area contributed by atoms with Gasteiger partial charge in [-0.25, -0.2) is 0 Å². The highest BCUT2D eigenvalue weighted by molar-refractivity contribution is 14.1. The van der Waals surface area contributed by atoms with Crippen LogP contribution < -0.4 is 0 Å². The van der Waals surface area contributed by atoms with Crippen molar-refractivity contribution in [3.8, 4) is 5.75 Å². The summed E-state index contributed by atoms with van der Waals surface area (Å²) in [5.41, 5.74) is 2.96. The number of rotatable bonds is 0. The Labute approximate surface area is 140 Å². The molecule has 3 aliphatic rings. The van der Waals surface area contributed by atoms with Crippen LogP contribution in [0.2, 0.25) is 0 Å². The molecular weight excluding hydrogens is 373 g/mol. The van der Waals surface area contributed by atoms with E-state index in [9.17, 15) is 10.2 Å². The van der Waals surface area contributed by atoms with E-state index in [1.54, 1.807) is 0 Å². The van der Waals surface area contributed by atoms with Crippen molar-refractivity contribution in [2.45, 2.75) is 55.0 Å². The second kappa shape index (κ2) is 4.85. The van der Waals surface area contributed by atoms with Gasteiger partial charge in [0.25, 0.3) is 0 Å². The molecule has 0 aliphatic heterocycles. The third-order valence-corrected chi connectivity index (χ3v) is 7.85. The van der Waals surface area contributed by atoms with Crippen LogP contribution in [0.3, 0.4) is 0 Å². The number of fused-ring (bicyclic) bond motifs is 5. The maximum Gasteiger partial charge on any atom is 0.115 e. The molecule has 0 radical (unpaired) electrons. The fourth-order valence-electron chi connectivity index (χ4n) is 5.51. The molecule has 0 amide bonds. The molecular formula is C18H23IO2. The van der Waals surface area contributed by atoms with Gasteiger partial charge in [-0.3, -0.25) is 0 Å². The topological polar surface area (TPSA) is 40.5 Å². The molecule has 0 spiro atoms. The molecule has 6 atom stereocenters. The van der Waals surface area contributed by atoms with Crippen molar-refractivity contribution in [2.24, 2.45) is 17.3 Å². The van der Waals surface area contributed by atoms with Gasteiger partial charge in [0, 0.05) is 3.92 Å². The number of benzene rings is 1. The molecule has 0 aromatic heterocycles. The first kappa shape index (κ1) is 14.3. The summed E-state index contributed by atoms with van der Waals surface area (Å²) in [5.74, 6) is 2.41. The Morgan fingerprint density at radius 1 is 1.19 bits per heavy atom. The molecule has 2 fully saturated rings. The predicted molar refractivity (Wildman–Crippen MR) is 91.8 cm³/mol. The molecule has 2 saturated carbocycles. The summed E-state index contributed by atoms with van der Waals surface area (Å²) in [6.07, 6.45) is 5.61. The summed E-state index contributed by atoms with van der Waals surface area (Å²) in [4.78, 5) is 0. The van der Waals surface area contributed by atoms with Crippen LogP contribution in [0.25, 0.3) is 0 Å². The summed E-state index contributed by atoms with van der Waals surface area (Å²) < 4.78 is 0.492. The average molecular weight is 396 g/mol. The summed E-state index contributed by atoms with van der Waals surface area (Å²) in [6.45, 7) is 2.32. The minimum Gasteiger partial charge on any atom is -0.508 e. The third-order valence-electron chi connectivity index (χ3n) is 6.67. The van der Waals surface area contributed by atoms with Crippen molar-refractivity contribution in [3.63, 3.8) is 0 Å². The molecule has 3 aliphatic carbocycles. The number of aliphatic hydroxyl groups is 1. The summed E-state index contributed by atoms with van der Waals surface area (Å²) in [5, 5.41) is 20.2. The Bertz CT molecular complexity index is 572. The van der Waals surface area contributed by atoms with E-state index in [2.05, 4.69) is 35.6 Å². The zero-order chi connectivity index (χ0) is 14.8. The van der Waals surface area contributed by atoms with Gasteiger partial charge in [0.05, 0.1) is 6.10 Å². The first-order valence-electron chi connectivity index (χ1n) is 8.15. The quantitative estimate of drug-likeness (QED) is 0.499.